The van der Waals surface area contributed by atoms with Crippen molar-refractivity contribution in [2.45, 2.75) is 50.7 Å². The van der Waals surface area contributed by atoms with Crippen molar-refractivity contribution in [2.24, 2.45) is 0 Å². The van der Waals surface area contributed by atoms with Crippen LogP contribution in [-0.2, 0) is 0 Å². The zero-order chi connectivity index (χ0) is 14.3. The lowest BCUT2D eigenvalue weighted by Gasteiger charge is -2.36. The second kappa shape index (κ2) is 5.05. The van der Waals surface area contributed by atoms with Crippen LogP contribution in [0.15, 0.2) is 18.2 Å². The van der Waals surface area contributed by atoms with Crippen molar-refractivity contribution in [1.29, 1.82) is 0 Å². The lowest BCUT2D eigenvalue weighted by molar-refractivity contribution is -0.385. The van der Waals surface area contributed by atoms with E-state index in [1.165, 1.54) is 12.8 Å². The zero-order valence-electron chi connectivity index (χ0n) is 12.0. The fourth-order valence-corrected chi connectivity index (χ4v) is 3.57. The van der Waals surface area contributed by atoms with E-state index < -0.39 is 0 Å². The molecule has 1 aromatic carbocycles. The van der Waals surface area contributed by atoms with Crippen LogP contribution in [0, 0.1) is 17.0 Å². The van der Waals surface area contributed by atoms with E-state index in [1.54, 1.807) is 13.0 Å². The molecule has 0 spiro atoms. The molecule has 5 nitrogen and oxygen atoms in total. The molecule has 0 radical (unpaired) electrons. The van der Waals surface area contributed by atoms with E-state index in [4.69, 9.17) is 0 Å². The summed E-state index contributed by atoms with van der Waals surface area (Å²) >= 11 is 0. The molecule has 2 heterocycles. The summed E-state index contributed by atoms with van der Waals surface area (Å²) in [6.07, 6.45) is 4.80. The summed E-state index contributed by atoms with van der Waals surface area (Å²) in [5, 5.41) is 14.7. The standard InChI is InChI=1S/C15H21N3O2/c1-10-3-6-13(9-15(10)18(19)20)17(2)14-7-11-4-5-12(8-14)16-11/h3,6,9,11-12,14,16H,4-5,7-8H2,1-2H3. The molecule has 5 heteroatoms. The van der Waals surface area contributed by atoms with Gasteiger partial charge in [-0.3, -0.25) is 10.1 Å². The van der Waals surface area contributed by atoms with Crippen molar-refractivity contribution in [2.75, 3.05) is 11.9 Å². The number of hydrogen-bond donors (Lipinski definition) is 1. The molecule has 2 saturated heterocycles. The first-order valence-corrected chi connectivity index (χ1v) is 7.28. The van der Waals surface area contributed by atoms with Crippen LogP contribution in [0.25, 0.3) is 0 Å². The Morgan fingerprint density at radius 2 is 1.95 bits per heavy atom. The van der Waals surface area contributed by atoms with E-state index in [1.807, 2.05) is 12.1 Å². The van der Waals surface area contributed by atoms with Gasteiger partial charge in [-0.15, -0.1) is 0 Å². The minimum Gasteiger partial charge on any atom is -0.371 e. The molecule has 0 aromatic heterocycles. The smallest absolute Gasteiger partial charge is 0.274 e. The highest BCUT2D eigenvalue weighted by Crippen LogP contribution is 2.33. The van der Waals surface area contributed by atoms with Gasteiger partial charge in [0.05, 0.1) is 4.92 Å². The number of nitrogens with one attached hydrogen (secondary N) is 1. The van der Waals surface area contributed by atoms with Gasteiger partial charge in [0.1, 0.15) is 0 Å². The van der Waals surface area contributed by atoms with Gasteiger partial charge in [-0.05, 0) is 38.7 Å². The Morgan fingerprint density at radius 1 is 1.30 bits per heavy atom. The average molecular weight is 275 g/mol. The number of nitro groups is 1. The van der Waals surface area contributed by atoms with Gasteiger partial charge in [-0.2, -0.15) is 0 Å². The Balaban J connectivity index is 1.81. The highest BCUT2D eigenvalue weighted by atomic mass is 16.6. The third kappa shape index (κ3) is 2.38. The molecule has 0 amide bonds. The van der Waals surface area contributed by atoms with E-state index in [9.17, 15) is 10.1 Å². The molecule has 0 aliphatic carbocycles. The maximum Gasteiger partial charge on any atom is 0.274 e. The van der Waals surface area contributed by atoms with Gasteiger partial charge in [0, 0.05) is 42.5 Å². The summed E-state index contributed by atoms with van der Waals surface area (Å²) in [6, 6.07) is 7.28. The molecular weight excluding hydrogens is 254 g/mol. The number of fused-ring (bicyclic) bond motifs is 2. The summed E-state index contributed by atoms with van der Waals surface area (Å²) < 4.78 is 0. The van der Waals surface area contributed by atoms with Gasteiger partial charge in [0.25, 0.3) is 5.69 Å². The molecule has 2 unspecified atom stereocenters. The van der Waals surface area contributed by atoms with Crippen molar-refractivity contribution in [3.05, 3.63) is 33.9 Å². The number of nitrogens with zero attached hydrogens (tertiary/aromatic N) is 2. The molecule has 3 rings (SSSR count). The summed E-state index contributed by atoms with van der Waals surface area (Å²) in [5.74, 6) is 0. The molecule has 0 saturated carbocycles. The van der Waals surface area contributed by atoms with Crippen molar-refractivity contribution < 1.29 is 4.92 Å². The number of benzene rings is 1. The number of aryl methyl sites for hydroxylation is 1. The first-order valence-electron chi connectivity index (χ1n) is 7.28. The van der Waals surface area contributed by atoms with Crippen molar-refractivity contribution in [1.82, 2.24) is 5.32 Å². The van der Waals surface area contributed by atoms with Gasteiger partial charge >= 0.3 is 0 Å². The summed E-state index contributed by atoms with van der Waals surface area (Å²) in [5.41, 5.74) is 1.89. The third-order valence-corrected chi connectivity index (χ3v) is 4.79. The van der Waals surface area contributed by atoms with Crippen LogP contribution in [0.5, 0.6) is 0 Å². The van der Waals surface area contributed by atoms with Crippen molar-refractivity contribution in [3.8, 4) is 0 Å². The Hall–Kier alpha value is -1.62. The molecule has 1 aromatic rings. The summed E-state index contributed by atoms with van der Waals surface area (Å²) in [4.78, 5) is 13.0. The second-order valence-electron chi connectivity index (χ2n) is 6.10. The first-order chi connectivity index (χ1) is 9.54. The number of nitro benzene ring substituents is 1. The minimum atomic E-state index is -0.293. The van der Waals surface area contributed by atoms with Crippen molar-refractivity contribution >= 4 is 11.4 Å². The normalized spacial score (nSPS) is 28.4. The van der Waals surface area contributed by atoms with Gasteiger partial charge < -0.3 is 10.2 Å². The molecule has 20 heavy (non-hydrogen) atoms. The van der Waals surface area contributed by atoms with Crippen LogP contribution < -0.4 is 10.2 Å². The van der Waals surface area contributed by atoms with Crippen LogP contribution in [0.2, 0.25) is 0 Å². The number of anilines is 1. The maximum atomic E-state index is 11.1. The van der Waals surface area contributed by atoms with Crippen LogP contribution in [0.1, 0.15) is 31.2 Å². The largest absolute Gasteiger partial charge is 0.371 e. The van der Waals surface area contributed by atoms with Gasteiger partial charge in [0.2, 0.25) is 0 Å². The first kappa shape index (κ1) is 13.4. The van der Waals surface area contributed by atoms with Gasteiger partial charge in [-0.25, -0.2) is 0 Å². The maximum absolute atomic E-state index is 11.1. The lowest BCUT2D eigenvalue weighted by atomic mass is 9.98. The van der Waals surface area contributed by atoms with E-state index in [0.717, 1.165) is 24.1 Å². The summed E-state index contributed by atoms with van der Waals surface area (Å²) in [6.45, 7) is 1.78. The highest BCUT2D eigenvalue weighted by molar-refractivity contribution is 5.56. The molecule has 2 fully saturated rings. The lowest BCUT2D eigenvalue weighted by Crippen LogP contribution is -2.47. The Labute approximate surface area is 119 Å². The predicted molar refractivity (Wildman–Crippen MR) is 79.2 cm³/mol. The van der Waals surface area contributed by atoms with E-state index in [-0.39, 0.29) is 10.6 Å². The molecule has 108 valence electrons. The molecule has 2 bridgehead atoms. The summed E-state index contributed by atoms with van der Waals surface area (Å²) in [7, 11) is 2.06. The van der Waals surface area contributed by atoms with Crippen LogP contribution in [-0.4, -0.2) is 30.1 Å². The predicted octanol–water partition coefficient (Wildman–Crippen LogP) is 2.62. The second-order valence-corrected chi connectivity index (χ2v) is 6.10. The number of rotatable bonds is 3. The fraction of sp³-hybridized carbons (Fsp3) is 0.600. The van der Waals surface area contributed by atoms with Crippen LogP contribution in [0.4, 0.5) is 11.4 Å². The number of piperidine rings is 1. The molecular formula is C15H21N3O2. The third-order valence-electron chi connectivity index (χ3n) is 4.79. The number of hydrogen-bond acceptors (Lipinski definition) is 4. The SMILES string of the molecule is Cc1ccc(N(C)C2CC3CCC(C2)N3)cc1[N+](=O)[O-]. The molecule has 1 N–H and O–H groups in total. The molecule has 2 atom stereocenters. The minimum absolute atomic E-state index is 0.214. The Bertz CT molecular complexity index is 520. The van der Waals surface area contributed by atoms with E-state index >= 15 is 0 Å². The van der Waals surface area contributed by atoms with E-state index in [0.29, 0.717) is 18.1 Å². The molecule has 2 aliphatic rings. The monoisotopic (exact) mass is 275 g/mol. The zero-order valence-corrected chi connectivity index (χ0v) is 12.0. The van der Waals surface area contributed by atoms with Gasteiger partial charge in [0.15, 0.2) is 0 Å². The Kier molecular flexibility index (Phi) is 3.38. The topological polar surface area (TPSA) is 58.4 Å². The fourth-order valence-electron chi connectivity index (χ4n) is 3.57. The van der Waals surface area contributed by atoms with Crippen LogP contribution in [0.3, 0.4) is 0 Å². The molecule has 2 aliphatic heterocycles. The Morgan fingerprint density at radius 3 is 2.55 bits per heavy atom. The van der Waals surface area contributed by atoms with Crippen LogP contribution >= 0.6 is 0 Å². The van der Waals surface area contributed by atoms with Crippen molar-refractivity contribution in [3.63, 3.8) is 0 Å². The van der Waals surface area contributed by atoms with Gasteiger partial charge in [-0.1, -0.05) is 6.07 Å². The average Bonchev–Trinajstić information content (AvgIpc) is 2.77. The highest BCUT2D eigenvalue weighted by Gasteiger charge is 2.35. The van der Waals surface area contributed by atoms with E-state index in [2.05, 4.69) is 17.3 Å². The quantitative estimate of drug-likeness (QED) is 0.680.